The van der Waals surface area contributed by atoms with Gasteiger partial charge in [0.05, 0.1) is 5.52 Å². The van der Waals surface area contributed by atoms with Crippen molar-refractivity contribution in [3.8, 4) is 11.6 Å². The lowest BCUT2D eigenvalue weighted by Crippen LogP contribution is -1.93. The molecule has 4 aromatic rings. The van der Waals surface area contributed by atoms with Crippen LogP contribution in [0.15, 0.2) is 60.9 Å². The largest absolute Gasteiger partial charge is 0.437 e. The third-order valence-corrected chi connectivity index (χ3v) is 3.29. The number of nitrogens with zero attached hydrogens (tertiary/aromatic N) is 3. The third kappa shape index (κ3) is 1.87. The number of hydrogen-bond donors (Lipinski definition) is 1. The minimum Gasteiger partial charge on any atom is -0.437 e. The Bertz CT molecular complexity index is 932. The van der Waals surface area contributed by atoms with Crippen LogP contribution in [-0.2, 0) is 0 Å². The highest BCUT2D eigenvalue weighted by Crippen LogP contribution is 2.31. The Morgan fingerprint density at radius 1 is 0.952 bits per heavy atom. The zero-order chi connectivity index (χ0) is 14.2. The van der Waals surface area contributed by atoms with Crippen LogP contribution in [0.3, 0.4) is 0 Å². The summed E-state index contributed by atoms with van der Waals surface area (Å²) in [5, 5.41) is 10.8. The van der Waals surface area contributed by atoms with E-state index in [4.69, 9.17) is 4.74 Å². The Morgan fingerprint density at radius 3 is 2.57 bits per heavy atom. The highest BCUT2D eigenvalue weighted by Gasteiger charge is 2.15. The van der Waals surface area contributed by atoms with Crippen molar-refractivity contribution in [3.05, 3.63) is 60.9 Å². The van der Waals surface area contributed by atoms with Gasteiger partial charge in [0, 0.05) is 5.39 Å². The molecule has 0 saturated carbocycles. The fourth-order valence-electron chi connectivity index (χ4n) is 2.35. The zero-order valence-corrected chi connectivity index (χ0v) is 11.0. The molecule has 102 valence electrons. The van der Waals surface area contributed by atoms with Crippen LogP contribution < -0.4 is 4.74 Å². The first-order chi connectivity index (χ1) is 10.3. The van der Waals surface area contributed by atoms with Crippen molar-refractivity contribution in [1.29, 1.82) is 0 Å². The number of rotatable bonds is 2. The highest BCUT2D eigenvalue weighted by atomic mass is 16.5. The van der Waals surface area contributed by atoms with Gasteiger partial charge in [-0.3, -0.25) is 0 Å². The van der Waals surface area contributed by atoms with E-state index in [1.807, 2.05) is 54.6 Å². The van der Waals surface area contributed by atoms with Gasteiger partial charge in [-0.15, -0.1) is 0 Å². The minimum atomic E-state index is 0.377. The van der Waals surface area contributed by atoms with Crippen molar-refractivity contribution in [2.75, 3.05) is 0 Å². The molecular formula is C16H11N3O2. The second kappa shape index (κ2) is 4.49. The molecule has 0 aliphatic rings. The summed E-state index contributed by atoms with van der Waals surface area (Å²) in [6, 6.07) is 16.9. The quantitative estimate of drug-likeness (QED) is 0.568. The molecule has 2 aromatic carbocycles. The normalized spacial score (nSPS) is 11.0. The number of imidazole rings is 1. The second-order valence-electron chi connectivity index (χ2n) is 4.64. The Morgan fingerprint density at radius 2 is 1.71 bits per heavy atom. The van der Waals surface area contributed by atoms with Gasteiger partial charge < -0.3 is 9.94 Å². The SMILES string of the molecule is On1cnc2c(Oc3ccccc3)nc3ccccc3c21. The van der Waals surface area contributed by atoms with Gasteiger partial charge in [0.1, 0.15) is 17.6 Å². The molecule has 0 spiro atoms. The molecule has 0 aliphatic carbocycles. The first-order valence-corrected chi connectivity index (χ1v) is 6.51. The van der Waals surface area contributed by atoms with Gasteiger partial charge in [0.15, 0.2) is 5.52 Å². The summed E-state index contributed by atoms with van der Waals surface area (Å²) in [4.78, 5) is 8.69. The molecule has 0 saturated heterocycles. The number of pyridine rings is 1. The molecule has 0 atom stereocenters. The molecule has 0 amide bonds. The van der Waals surface area contributed by atoms with E-state index < -0.39 is 0 Å². The number of benzene rings is 2. The van der Waals surface area contributed by atoms with Gasteiger partial charge in [-0.1, -0.05) is 36.4 Å². The van der Waals surface area contributed by atoms with Crippen molar-refractivity contribution in [1.82, 2.24) is 14.7 Å². The summed E-state index contributed by atoms with van der Waals surface area (Å²) in [5.41, 5.74) is 1.86. The summed E-state index contributed by atoms with van der Waals surface area (Å²) in [5.74, 6) is 1.05. The van der Waals surface area contributed by atoms with Crippen LogP contribution in [0, 0.1) is 0 Å². The molecule has 4 rings (SSSR count). The lowest BCUT2D eigenvalue weighted by molar-refractivity contribution is 0.198. The van der Waals surface area contributed by atoms with Crippen LogP contribution in [0.25, 0.3) is 21.9 Å². The smallest absolute Gasteiger partial charge is 0.248 e. The summed E-state index contributed by atoms with van der Waals surface area (Å²) in [6.45, 7) is 0. The van der Waals surface area contributed by atoms with E-state index in [1.54, 1.807) is 0 Å². The van der Waals surface area contributed by atoms with Gasteiger partial charge in [-0.05, 0) is 18.2 Å². The minimum absolute atomic E-state index is 0.377. The van der Waals surface area contributed by atoms with Crippen LogP contribution in [0.2, 0.25) is 0 Å². The third-order valence-electron chi connectivity index (χ3n) is 3.29. The number of aromatic nitrogens is 3. The second-order valence-corrected chi connectivity index (χ2v) is 4.64. The number of para-hydroxylation sites is 2. The summed E-state index contributed by atoms with van der Waals surface area (Å²) < 4.78 is 6.81. The Balaban J connectivity index is 1.99. The van der Waals surface area contributed by atoms with Gasteiger partial charge in [-0.25, -0.2) is 9.97 Å². The van der Waals surface area contributed by atoms with E-state index in [1.165, 1.54) is 6.33 Å². The molecule has 1 N–H and O–H groups in total. The van der Waals surface area contributed by atoms with E-state index in [9.17, 15) is 5.21 Å². The van der Waals surface area contributed by atoms with E-state index in [0.29, 0.717) is 22.7 Å². The molecule has 21 heavy (non-hydrogen) atoms. The molecule has 5 nitrogen and oxygen atoms in total. The summed E-state index contributed by atoms with van der Waals surface area (Å²) in [7, 11) is 0. The van der Waals surface area contributed by atoms with Gasteiger partial charge in [-0.2, -0.15) is 4.73 Å². The van der Waals surface area contributed by atoms with E-state index in [2.05, 4.69) is 9.97 Å². The first kappa shape index (κ1) is 11.7. The van der Waals surface area contributed by atoms with Crippen LogP contribution in [0.5, 0.6) is 11.6 Å². The molecule has 0 fully saturated rings. The number of ether oxygens (including phenoxy) is 1. The average Bonchev–Trinajstić information content (AvgIpc) is 2.91. The van der Waals surface area contributed by atoms with E-state index in [0.717, 1.165) is 15.6 Å². The van der Waals surface area contributed by atoms with Gasteiger partial charge in [0.2, 0.25) is 5.88 Å². The predicted octanol–water partition coefficient (Wildman–Crippen LogP) is 3.61. The van der Waals surface area contributed by atoms with E-state index >= 15 is 0 Å². The maximum absolute atomic E-state index is 9.97. The number of hydrogen-bond acceptors (Lipinski definition) is 4. The van der Waals surface area contributed by atoms with Crippen molar-refractivity contribution < 1.29 is 9.94 Å². The summed E-state index contributed by atoms with van der Waals surface area (Å²) >= 11 is 0. The van der Waals surface area contributed by atoms with Gasteiger partial charge in [0.25, 0.3) is 0 Å². The Hall–Kier alpha value is -3.08. The molecule has 2 heterocycles. The standard InChI is InChI=1S/C16H11N3O2/c20-19-10-17-14-15(19)12-8-4-5-9-13(12)18-16(14)21-11-6-2-1-3-7-11/h1-10,20H. The molecule has 2 aromatic heterocycles. The predicted molar refractivity (Wildman–Crippen MR) is 78.7 cm³/mol. The Labute approximate surface area is 120 Å². The fraction of sp³-hybridized carbons (Fsp3) is 0. The van der Waals surface area contributed by atoms with Crippen molar-refractivity contribution in [2.24, 2.45) is 0 Å². The molecule has 0 bridgehead atoms. The maximum Gasteiger partial charge on any atom is 0.248 e. The first-order valence-electron chi connectivity index (χ1n) is 6.51. The lowest BCUT2D eigenvalue weighted by Gasteiger charge is -2.07. The maximum atomic E-state index is 9.97. The van der Waals surface area contributed by atoms with Crippen LogP contribution in [0.1, 0.15) is 0 Å². The van der Waals surface area contributed by atoms with Crippen molar-refractivity contribution in [2.45, 2.75) is 0 Å². The average molecular weight is 277 g/mol. The highest BCUT2D eigenvalue weighted by molar-refractivity contribution is 6.04. The fourth-order valence-corrected chi connectivity index (χ4v) is 2.35. The molecule has 0 unspecified atom stereocenters. The van der Waals surface area contributed by atoms with E-state index in [-0.39, 0.29) is 0 Å². The molecule has 0 radical (unpaired) electrons. The molecule has 5 heteroatoms. The summed E-state index contributed by atoms with van der Waals surface area (Å²) in [6.07, 6.45) is 1.34. The lowest BCUT2D eigenvalue weighted by atomic mass is 10.2. The van der Waals surface area contributed by atoms with Crippen molar-refractivity contribution in [3.63, 3.8) is 0 Å². The monoisotopic (exact) mass is 277 g/mol. The van der Waals surface area contributed by atoms with Crippen LogP contribution >= 0.6 is 0 Å². The van der Waals surface area contributed by atoms with Crippen molar-refractivity contribution >= 4 is 21.9 Å². The molecular weight excluding hydrogens is 266 g/mol. The van der Waals surface area contributed by atoms with Crippen LogP contribution in [-0.4, -0.2) is 19.9 Å². The van der Waals surface area contributed by atoms with Crippen LogP contribution in [0.4, 0.5) is 0 Å². The molecule has 0 aliphatic heterocycles. The van der Waals surface area contributed by atoms with Gasteiger partial charge >= 0.3 is 0 Å². The Kier molecular flexibility index (Phi) is 2.50. The zero-order valence-electron chi connectivity index (χ0n) is 11.0. The topological polar surface area (TPSA) is 60.2 Å². The number of fused-ring (bicyclic) bond motifs is 3.